The Morgan fingerprint density at radius 2 is 1.97 bits per heavy atom. The topological polar surface area (TPSA) is 71.8 Å². The van der Waals surface area contributed by atoms with Gasteiger partial charge in [0.25, 0.3) is 0 Å². The molecular weight excluding hydrogens is 419 g/mol. The zero-order chi connectivity index (χ0) is 21.1. The van der Waals surface area contributed by atoms with Crippen molar-refractivity contribution < 1.29 is 22.7 Å². The molecule has 1 aliphatic heterocycles. The third-order valence-electron chi connectivity index (χ3n) is 4.56. The minimum Gasteiger partial charge on any atom is -0.378 e. The van der Waals surface area contributed by atoms with E-state index in [2.05, 4.69) is 15.5 Å². The summed E-state index contributed by atoms with van der Waals surface area (Å²) in [4.78, 5) is 14.4. The Hall–Kier alpha value is -2.79. The molecule has 1 fully saturated rings. The molecule has 1 aromatic carbocycles. The number of morpholine rings is 1. The van der Waals surface area contributed by atoms with Crippen LogP contribution in [0, 0.1) is 0 Å². The highest BCUT2D eigenvalue weighted by atomic mass is 32.2. The number of anilines is 2. The number of hydrogen-bond donors (Lipinski definition) is 1. The second-order valence-corrected chi connectivity index (χ2v) is 7.52. The molecule has 3 heterocycles. The van der Waals surface area contributed by atoms with Gasteiger partial charge in [-0.3, -0.25) is 9.20 Å². The first-order chi connectivity index (χ1) is 14.4. The smallest absolute Gasteiger partial charge is 0.378 e. The summed E-state index contributed by atoms with van der Waals surface area (Å²) in [6.45, 7) is 2.03. The van der Waals surface area contributed by atoms with Crippen molar-refractivity contribution in [3.8, 4) is 0 Å². The second-order valence-electron chi connectivity index (χ2n) is 6.58. The van der Waals surface area contributed by atoms with E-state index in [1.165, 1.54) is 6.07 Å². The van der Waals surface area contributed by atoms with Gasteiger partial charge in [-0.25, -0.2) is 0 Å². The SMILES string of the molecule is O=C(CSc1nnc2ccccn12)Nc1cc(C(F)(F)F)ccc1N1CCOCC1. The van der Waals surface area contributed by atoms with E-state index >= 15 is 0 Å². The number of thioether (sulfide) groups is 1. The number of benzene rings is 1. The zero-order valence-corrected chi connectivity index (χ0v) is 16.5. The van der Waals surface area contributed by atoms with Crippen LogP contribution in [0.4, 0.5) is 24.5 Å². The molecule has 30 heavy (non-hydrogen) atoms. The molecule has 158 valence electrons. The third-order valence-corrected chi connectivity index (χ3v) is 5.51. The summed E-state index contributed by atoms with van der Waals surface area (Å²) in [7, 11) is 0. The summed E-state index contributed by atoms with van der Waals surface area (Å²) in [5.74, 6) is -0.449. The third kappa shape index (κ3) is 4.51. The largest absolute Gasteiger partial charge is 0.416 e. The number of carbonyl (C=O) groups is 1. The van der Waals surface area contributed by atoms with E-state index in [0.717, 1.165) is 23.9 Å². The summed E-state index contributed by atoms with van der Waals surface area (Å²) < 4.78 is 46.6. The molecule has 0 spiro atoms. The molecule has 7 nitrogen and oxygen atoms in total. The molecule has 0 radical (unpaired) electrons. The summed E-state index contributed by atoms with van der Waals surface area (Å²) in [5, 5.41) is 11.2. The lowest BCUT2D eigenvalue weighted by molar-refractivity contribution is -0.137. The van der Waals surface area contributed by atoms with E-state index in [-0.39, 0.29) is 11.4 Å². The Labute approximate surface area is 174 Å². The fourth-order valence-electron chi connectivity index (χ4n) is 3.13. The lowest BCUT2D eigenvalue weighted by Crippen LogP contribution is -2.37. The Morgan fingerprint density at radius 3 is 2.73 bits per heavy atom. The average Bonchev–Trinajstić information content (AvgIpc) is 3.15. The maximum atomic E-state index is 13.2. The van der Waals surface area contributed by atoms with Gasteiger partial charge in [0, 0.05) is 19.3 Å². The number of carbonyl (C=O) groups excluding carboxylic acids is 1. The average molecular weight is 437 g/mol. The monoisotopic (exact) mass is 437 g/mol. The number of fused-ring (bicyclic) bond motifs is 1. The molecule has 1 aliphatic rings. The minimum absolute atomic E-state index is 0.0194. The van der Waals surface area contributed by atoms with Gasteiger partial charge in [-0.15, -0.1) is 10.2 Å². The molecule has 1 N–H and O–H groups in total. The standard InChI is InChI=1S/C19H18F3N5O2S/c20-19(21,22)13-4-5-15(26-7-9-29-10-8-26)14(11-13)23-17(28)12-30-18-25-24-16-3-1-2-6-27(16)18/h1-6,11H,7-10,12H2,(H,23,28). The number of pyridine rings is 1. The molecule has 1 amide bonds. The Bertz CT molecular complexity index is 1050. The van der Waals surface area contributed by atoms with Crippen LogP contribution in [0.5, 0.6) is 0 Å². The number of rotatable bonds is 5. The van der Waals surface area contributed by atoms with E-state index in [9.17, 15) is 18.0 Å². The van der Waals surface area contributed by atoms with Crippen molar-refractivity contribution in [2.45, 2.75) is 11.3 Å². The van der Waals surface area contributed by atoms with Crippen LogP contribution in [0.2, 0.25) is 0 Å². The van der Waals surface area contributed by atoms with Crippen molar-refractivity contribution in [2.24, 2.45) is 0 Å². The Morgan fingerprint density at radius 1 is 1.17 bits per heavy atom. The van der Waals surface area contributed by atoms with Gasteiger partial charge in [-0.1, -0.05) is 17.8 Å². The number of halogens is 3. The van der Waals surface area contributed by atoms with Gasteiger partial charge in [-0.2, -0.15) is 13.2 Å². The van der Waals surface area contributed by atoms with Gasteiger partial charge in [0.2, 0.25) is 5.91 Å². The normalized spacial score (nSPS) is 14.8. The van der Waals surface area contributed by atoms with E-state index < -0.39 is 17.6 Å². The summed E-state index contributed by atoms with van der Waals surface area (Å²) >= 11 is 1.16. The maximum Gasteiger partial charge on any atom is 0.416 e. The molecule has 3 aromatic rings. The van der Waals surface area contributed by atoms with Crippen molar-refractivity contribution in [1.29, 1.82) is 0 Å². The number of nitrogens with zero attached hydrogens (tertiary/aromatic N) is 4. The molecule has 0 bridgehead atoms. The maximum absolute atomic E-state index is 13.2. The van der Waals surface area contributed by atoms with Crippen LogP contribution in [-0.2, 0) is 15.7 Å². The van der Waals surface area contributed by atoms with Crippen LogP contribution < -0.4 is 10.2 Å². The summed E-state index contributed by atoms with van der Waals surface area (Å²) in [5.41, 5.74) is 0.500. The van der Waals surface area contributed by atoms with Gasteiger partial charge >= 0.3 is 6.18 Å². The summed E-state index contributed by atoms with van der Waals surface area (Å²) in [6.07, 6.45) is -2.73. The second kappa shape index (κ2) is 8.52. The Balaban J connectivity index is 1.51. The van der Waals surface area contributed by atoms with E-state index in [1.807, 2.05) is 17.0 Å². The predicted molar refractivity (Wildman–Crippen MR) is 107 cm³/mol. The Kier molecular flexibility index (Phi) is 5.82. The molecular formula is C19H18F3N5O2S. The van der Waals surface area contributed by atoms with E-state index in [4.69, 9.17) is 4.74 Å². The molecule has 1 saturated heterocycles. The number of aromatic nitrogens is 3. The number of nitrogens with one attached hydrogen (secondary N) is 1. The van der Waals surface area contributed by atoms with Crippen LogP contribution >= 0.6 is 11.8 Å². The van der Waals surface area contributed by atoms with Crippen LogP contribution in [0.15, 0.2) is 47.8 Å². The van der Waals surface area contributed by atoms with Gasteiger partial charge in [0.05, 0.1) is 35.9 Å². The van der Waals surface area contributed by atoms with Gasteiger partial charge < -0.3 is 15.0 Å². The first-order valence-corrected chi connectivity index (χ1v) is 10.2. The fourth-order valence-corrected chi connectivity index (χ4v) is 3.85. The highest BCUT2D eigenvalue weighted by Gasteiger charge is 2.32. The van der Waals surface area contributed by atoms with Crippen LogP contribution in [-0.4, -0.2) is 52.6 Å². The number of ether oxygens (including phenoxy) is 1. The first-order valence-electron chi connectivity index (χ1n) is 9.18. The highest BCUT2D eigenvalue weighted by molar-refractivity contribution is 7.99. The molecule has 0 atom stereocenters. The number of hydrogen-bond acceptors (Lipinski definition) is 6. The zero-order valence-electron chi connectivity index (χ0n) is 15.7. The molecule has 4 rings (SSSR count). The quantitative estimate of drug-likeness (QED) is 0.618. The van der Waals surface area contributed by atoms with Gasteiger partial charge in [0.1, 0.15) is 0 Å². The van der Waals surface area contributed by atoms with Crippen molar-refractivity contribution in [2.75, 3.05) is 42.3 Å². The van der Waals surface area contributed by atoms with Crippen molar-refractivity contribution in [1.82, 2.24) is 14.6 Å². The van der Waals surface area contributed by atoms with Crippen molar-refractivity contribution >= 4 is 34.7 Å². The number of alkyl halides is 3. The number of amides is 1. The van der Waals surface area contributed by atoms with Crippen molar-refractivity contribution in [3.05, 3.63) is 48.2 Å². The lowest BCUT2D eigenvalue weighted by atomic mass is 10.1. The molecule has 11 heteroatoms. The highest BCUT2D eigenvalue weighted by Crippen LogP contribution is 2.36. The molecule has 0 saturated carbocycles. The molecule has 2 aromatic heterocycles. The lowest BCUT2D eigenvalue weighted by Gasteiger charge is -2.31. The van der Waals surface area contributed by atoms with Crippen LogP contribution in [0.3, 0.4) is 0 Å². The van der Waals surface area contributed by atoms with E-state index in [0.29, 0.717) is 42.8 Å². The van der Waals surface area contributed by atoms with Gasteiger partial charge in [-0.05, 0) is 30.3 Å². The molecule has 0 unspecified atom stereocenters. The van der Waals surface area contributed by atoms with Crippen molar-refractivity contribution in [3.63, 3.8) is 0 Å². The minimum atomic E-state index is -4.50. The van der Waals surface area contributed by atoms with Gasteiger partial charge in [0.15, 0.2) is 10.8 Å². The fraction of sp³-hybridized carbons (Fsp3) is 0.316. The predicted octanol–water partition coefficient (Wildman–Crippen LogP) is 3.32. The van der Waals surface area contributed by atoms with E-state index in [1.54, 1.807) is 16.7 Å². The van der Waals surface area contributed by atoms with Crippen LogP contribution in [0.1, 0.15) is 5.56 Å². The first kappa shape index (κ1) is 20.5. The molecule has 0 aliphatic carbocycles. The summed E-state index contributed by atoms with van der Waals surface area (Å²) in [6, 6.07) is 8.82. The van der Waals surface area contributed by atoms with Crippen LogP contribution in [0.25, 0.3) is 5.65 Å².